The van der Waals surface area contributed by atoms with E-state index in [-0.39, 0.29) is 11.6 Å². The second-order valence-electron chi connectivity index (χ2n) is 4.88. The first-order chi connectivity index (χ1) is 11.7. The minimum Gasteiger partial charge on any atom is -0.368 e. The van der Waals surface area contributed by atoms with Crippen LogP contribution in [-0.4, -0.2) is 48.7 Å². The number of nitrogens with one attached hydrogen (secondary N) is 2. The van der Waals surface area contributed by atoms with Gasteiger partial charge in [-0.15, -0.1) is 0 Å². The lowest BCUT2D eigenvalue weighted by atomic mass is 10.4. The smallest absolute Gasteiger partial charge is 0.271 e. The summed E-state index contributed by atoms with van der Waals surface area (Å²) in [4.78, 5) is 28.3. The monoisotopic (exact) mass is 324 g/mol. The van der Waals surface area contributed by atoms with Crippen LogP contribution in [0.5, 0.6) is 0 Å². The van der Waals surface area contributed by atoms with Crippen molar-refractivity contribution in [2.24, 2.45) is 0 Å². The van der Waals surface area contributed by atoms with Crippen LogP contribution >= 0.6 is 0 Å². The molecule has 1 amide bonds. The molecule has 0 aliphatic heterocycles. The van der Waals surface area contributed by atoms with Crippen LogP contribution in [0.1, 0.15) is 16.3 Å². The Hall–Kier alpha value is -3.36. The van der Waals surface area contributed by atoms with Crippen molar-refractivity contribution in [3.63, 3.8) is 0 Å². The molecule has 3 heterocycles. The van der Waals surface area contributed by atoms with Crippen molar-refractivity contribution >= 4 is 11.7 Å². The molecule has 0 spiro atoms. The third-order valence-electron chi connectivity index (χ3n) is 3.08. The van der Waals surface area contributed by atoms with E-state index in [4.69, 9.17) is 0 Å². The van der Waals surface area contributed by atoms with E-state index in [1.54, 1.807) is 16.9 Å². The fraction of sp³-hybridized carbons (Fsp3) is 0.200. The van der Waals surface area contributed by atoms with Crippen molar-refractivity contribution in [1.29, 1.82) is 0 Å². The quantitative estimate of drug-likeness (QED) is 0.639. The summed E-state index contributed by atoms with van der Waals surface area (Å²) >= 11 is 0. The number of carbonyl (C=O) groups excluding carboxylic acids is 1. The molecule has 3 aromatic rings. The molecule has 9 nitrogen and oxygen atoms in total. The minimum absolute atomic E-state index is 0.263. The van der Waals surface area contributed by atoms with Crippen LogP contribution in [0.4, 0.5) is 5.82 Å². The predicted octanol–water partition coefficient (Wildman–Crippen LogP) is 0.603. The fourth-order valence-electron chi connectivity index (χ4n) is 2.04. The van der Waals surface area contributed by atoms with Crippen molar-refractivity contribution < 1.29 is 4.79 Å². The minimum atomic E-state index is -0.263. The Bertz CT molecular complexity index is 804. The highest BCUT2D eigenvalue weighted by Crippen LogP contribution is 2.09. The van der Waals surface area contributed by atoms with Crippen molar-refractivity contribution in [2.75, 3.05) is 18.4 Å². The summed E-state index contributed by atoms with van der Waals surface area (Å²) in [5, 5.41) is 10.1. The van der Waals surface area contributed by atoms with Crippen LogP contribution < -0.4 is 10.6 Å². The number of aryl methyl sites for hydroxylation is 1. The molecule has 0 saturated heterocycles. The van der Waals surface area contributed by atoms with E-state index in [0.717, 1.165) is 0 Å². The van der Waals surface area contributed by atoms with Crippen molar-refractivity contribution in [3.05, 3.63) is 54.6 Å². The highest BCUT2D eigenvalue weighted by molar-refractivity contribution is 5.91. The maximum Gasteiger partial charge on any atom is 0.271 e. The lowest BCUT2D eigenvalue weighted by Gasteiger charge is -2.09. The molecule has 0 bridgehead atoms. The van der Waals surface area contributed by atoms with Gasteiger partial charge in [0.25, 0.3) is 5.91 Å². The van der Waals surface area contributed by atoms with E-state index in [9.17, 15) is 4.79 Å². The van der Waals surface area contributed by atoms with Gasteiger partial charge in [0.1, 0.15) is 17.3 Å². The Morgan fingerprint density at radius 1 is 1.21 bits per heavy atom. The second-order valence-corrected chi connectivity index (χ2v) is 4.88. The Morgan fingerprint density at radius 3 is 2.88 bits per heavy atom. The van der Waals surface area contributed by atoms with E-state index in [1.807, 2.05) is 19.2 Å². The SMILES string of the molecule is Cc1nc(NCCNC(=O)c2cnccn2)cc(-n2cccn2)n1. The lowest BCUT2D eigenvalue weighted by Crippen LogP contribution is -2.29. The third-order valence-corrected chi connectivity index (χ3v) is 3.08. The Labute approximate surface area is 138 Å². The van der Waals surface area contributed by atoms with Crippen LogP contribution in [0.15, 0.2) is 43.1 Å². The van der Waals surface area contributed by atoms with Gasteiger partial charge < -0.3 is 10.6 Å². The fourth-order valence-corrected chi connectivity index (χ4v) is 2.04. The molecule has 24 heavy (non-hydrogen) atoms. The van der Waals surface area contributed by atoms with Crippen LogP contribution in [0, 0.1) is 6.92 Å². The van der Waals surface area contributed by atoms with Gasteiger partial charge in [-0.1, -0.05) is 0 Å². The molecule has 0 atom stereocenters. The van der Waals surface area contributed by atoms with Gasteiger partial charge >= 0.3 is 0 Å². The molecule has 0 aliphatic rings. The largest absolute Gasteiger partial charge is 0.368 e. The molecule has 0 unspecified atom stereocenters. The van der Waals surface area contributed by atoms with Gasteiger partial charge in [-0.05, 0) is 13.0 Å². The summed E-state index contributed by atoms with van der Waals surface area (Å²) in [6.07, 6.45) is 7.92. The Kier molecular flexibility index (Phi) is 4.70. The summed E-state index contributed by atoms with van der Waals surface area (Å²) < 4.78 is 1.66. The first kappa shape index (κ1) is 15.5. The number of carbonyl (C=O) groups is 1. The van der Waals surface area contributed by atoms with Crippen molar-refractivity contribution in [1.82, 2.24) is 35.0 Å². The summed E-state index contributed by atoms with van der Waals surface area (Å²) in [5.41, 5.74) is 0.288. The number of nitrogens with zero attached hydrogens (tertiary/aromatic N) is 6. The number of rotatable bonds is 6. The van der Waals surface area contributed by atoms with E-state index in [0.29, 0.717) is 30.5 Å². The van der Waals surface area contributed by atoms with Gasteiger partial charge in [0, 0.05) is 43.9 Å². The molecule has 0 aliphatic carbocycles. The molecular weight excluding hydrogens is 308 g/mol. The van der Waals surface area contributed by atoms with Gasteiger partial charge in [-0.2, -0.15) is 5.10 Å². The van der Waals surface area contributed by atoms with E-state index in [1.165, 1.54) is 18.6 Å². The van der Waals surface area contributed by atoms with E-state index < -0.39 is 0 Å². The first-order valence-corrected chi connectivity index (χ1v) is 7.36. The van der Waals surface area contributed by atoms with Gasteiger partial charge in [-0.3, -0.25) is 9.78 Å². The zero-order chi connectivity index (χ0) is 16.8. The topological polar surface area (TPSA) is 111 Å². The molecular formula is C15H16N8O. The molecule has 122 valence electrons. The first-order valence-electron chi connectivity index (χ1n) is 7.36. The normalized spacial score (nSPS) is 10.4. The molecule has 9 heteroatoms. The van der Waals surface area contributed by atoms with Gasteiger partial charge in [0.15, 0.2) is 5.82 Å². The third kappa shape index (κ3) is 3.88. The molecule has 0 saturated carbocycles. The van der Waals surface area contributed by atoms with Crippen molar-refractivity contribution in [3.8, 4) is 5.82 Å². The van der Waals surface area contributed by atoms with E-state index in [2.05, 4.69) is 35.7 Å². The van der Waals surface area contributed by atoms with Gasteiger partial charge in [-0.25, -0.2) is 19.6 Å². The number of hydrogen-bond donors (Lipinski definition) is 2. The second kappa shape index (κ2) is 7.27. The standard InChI is InChI=1S/C15H16N8O/c1-11-21-13(9-14(22-11)23-8-2-3-20-23)18-6-7-19-15(24)12-10-16-4-5-17-12/h2-5,8-10H,6-7H2,1H3,(H,19,24)(H,18,21,22). The Morgan fingerprint density at radius 2 is 2.12 bits per heavy atom. The molecule has 0 aromatic carbocycles. The molecule has 0 radical (unpaired) electrons. The average Bonchev–Trinajstić information content (AvgIpc) is 3.13. The zero-order valence-corrected chi connectivity index (χ0v) is 13.0. The highest BCUT2D eigenvalue weighted by atomic mass is 16.1. The summed E-state index contributed by atoms with van der Waals surface area (Å²) in [6, 6.07) is 3.62. The van der Waals surface area contributed by atoms with Crippen LogP contribution in [0.3, 0.4) is 0 Å². The average molecular weight is 324 g/mol. The number of hydrogen-bond acceptors (Lipinski definition) is 7. The highest BCUT2D eigenvalue weighted by Gasteiger charge is 2.06. The summed E-state index contributed by atoms with van der Waals surface area (Å²) in [5.74, 6) is 1.72. The molecule has 2 N–H and O–H groups in total. The van der Waals surface area contributed by atoms with Gasteiger partial charge in [0.2, 0.25) is 0 Å². The van der Waals surface area contributed by atoms with Crippen LogP contribution in [0.25, 0.3) is 5.82 Å². The Balaban J connectivity index is 1.54. The summed E-state index contributed by atoms with van der Waals surface area (Å²) in [7, 11) is 0. The van der Waals surface area contributed by atoms with Crippen LogP contribution in [-0.2, 0) is 0 Å². The number of anilines is 1. The van der Waals surface area contributed by atoms with Gasteiger partial charge in [0.05, 0.1) is 6.20 Å². The zero-order valence-electron chi connectivity index (χ0n) is 13.0. The van der Waals surface area contributed by atoms with E-state index >= 15 is 0 Å². The predicted molar refractivity (Wildman–Crippen MR) is 86.7 cm³/mol. The van der Waals surface area contributed by atoms with Crippen LogP contribution in [0.2, 0.25) is 0 Å². The summed E-state index contributed by atoms with van der Waals surface area (Å²) in [6.45, 7) is 2.75. The van der Waals surface area contributed by atoms with Crippen molar-refractivity contribution in [2.45, 2.75) is 6.92 Å². The molecule has 3 aromatic heterocycles. The maximum absolute atomic E-state index is 11.8. The lowest BCUT2D eigenvalue weighted by molar-refractivity contribution is 0.0950. The molecule has 3 rings (SSSR count). The maximum atomic E-state index is 11.8. The number of amides is 1. The number of aromatic nitrogens is 6. The molecule has 0 fully saturated rings.